The van der Waals surface area contributed by atoms with Crippen molar-refractivity contribution in [3.05, 3.63) is 27.5 Å². The summed E-state index contributed by atoms with van der Waals surface area (Å²) in [6.07, 6.45) is -4.14. The minimum atomic E-state index is -1.10. The first kappa shape index (κ1) is 22.6. The Hall–Kier alpha value is -2.07. The van der Waals surface area contributed by atoms with E-state index in [0.717, 1.165) is 0 Å². The third-order valence-corrected chi connectivity index (χ3v) is 5.27. The van der Waals surface area contributed by atoms with Gasteiger partial charge in [0.2, 0.25) is 5.28 Å². The minimum absolute atomic E-state index is 0.000182. The third kappa shape index (κ3) is 4.64. The molecule has 162 valence electrons. The number of carbonyl (C=O) groups is 3. The smallest absolute Gasteiger partial charge is 0.303 e. The van der Waals surface area contributed by atoms with Gasteiger partial charge in [-0.25, -0.2) is 4.98 Å². The number of nitrogens with zero attached hydrogens (tertiary/aromatic N) is 2. The Bertz CT molecular complexity index is 1010. The largest absolute Gasteiger partial charge is 0.463 e. The Labute approximate surface area is 186 Å². The number of hydrogen-bond donors (Lipinski definition) is 0. The molecule has 3 rings (SSSR count). The molecule has 1 unspecified atom stereocenters. The highest BCUT2D eigenvalue weighted by molar-refractivity contribution is 6.42. The molecular weight excluding hydrogens is 463 g/mol. The summed E-state index contributed by atoms with van der Waals surface area (Å²) in [5.41, 5.74) is 0.873. The summed E-state index contributed by atoms with van der Waals surface area (Å²) >= 11 is 18.5. The second kappa shape index (κ2) is 8.97. The van der Waals surface area contributed by atoms with Crippen molar-refractivity contribution in [2.45, 2.75) is 45.3 Å². The van der Waals surface area contributed by atoms with Crippen molar-refractivity contribution in [3.8, 4) is 0 Å². The molecule has 0 bridgehead atoms. The lowest BCUT2D eigenvalue weighted by atomic mass is 10.1. The van der Waals surface area contributed by atoms with Crippen LogP contribution in [0.25, 0.3) is 11.0 Å². The second-order valence-electron chi connectivity index (χ2n) is 6.52. The summed E-state index contributed by atoms with van der Waals surface area (Å²) in [5, 5.41) is 0.525. The van der Waals surface area contributed by atoms with Crippen molar-refractivity contribution in [3.63, 3.8) is 0 Å². The van der Waals surface area contributed by atoms with E-state index in [9.17, 15) is 14.4 Å². The molecule has 0 aliphatic carbocycles. The van der Waals surface area contributed by atoms with Crippen LogP contribution in [0.3, 0.4) is 0 Å². The number of esters is 3. The van der Waals surface area contributed by atoms with Gasteiger partial charge in [-0.05, 0) is 23.7 Å². The Morgan fingerprint density at radius 2 is 1.60 bits per heavy atom. The molecule has 4 atom stereocenters. The molecule has 0 N–H and O–H groups in total. The molecule has 0 amide bonds. The lowest BCUT2D eigenvalue weighted by Crippen LogP contribution is -2.40. The van der Waals surface area contributed by atoms with Gasteiger partial charge in [0.25, 0.3) is 0 Å². The highest BCUT2D eigenvalue weighted by Crippen LogP contribution is 2.39. The number of halogens is 3. The average molecular weight is 480 g/mol. The van der Waals surface area contributed by atoms with E-state index in [1.807, 2.05) is 0 Å². The molecule has 1 fully saturated rings. The van der Waals surface area contributed by atoms with E-state index >= 15 is 0 Å². The highest BCUT2D eigenvalue weighted by atomic mass is 35.5. The van der Waals surface area contributed by atoms with Crippen molar-refractivity contribution in [1.29, 1.82) is 0 Å². The van der Waals surface area contributed by atoms with Crippen LogP contribution >= 0.6 is 34.8 Å². The number of rotatable bonds is 5. The minimum Gasteiger partial charge on any atom is -0.463 e. The van der Waals surface area contributed by atoms with Crippen molar-refractivity contribution in [1.82, 2.24) is 9.55 Å². The van der Waals surface area contributed by atoms with Gasteiger partial charge in [0.15, 0.2) is 18.4 Å². The highest BCUT2D eigenvalue weighted by Gasteiger charge is 2.51. The van der Waals surface area contributed by atoms with Crippen molar-refractivity contribution in [2.75, 3.05) is 6.61 Å². The SMILES string of the molecule is CC(=O)OC[C@@H]1O[C@@H](n2c(Cl)nc3cc(Cl)c(Cl)cc32)[C@@H](OC(C)=O)C1OC(C)=O. The van der Waals surface area contributed by atoms with Gasteiger partial charge in [0.1, 0.15) is 12.7 Å². The van der Waals surface area contributed by atoms with Crippen LogP contribution in [0.5, 0.6) is 0 Å². The van der Waals surface area contributed by atoms with E-state index in [2.05, 4.69) is 4.98 Å². The van der Waals surface area contributed by atoms with Gasteiger partial charge in [-0.1, -0.05) is 23.2 Å². The fraction of sp³-hybridized carbons (Fsp3) is 0.444. The summed E-state index contributed by atoms with van der Waals surface area (Å²) in [6, 6.07) is 3.06. The predicted octanol–water partition coefficient (Wildman–Crippen LogP) is 3.32. The van der Waals surface area contributed by atoms with E-state index in [1.165, 1.54) is 37.5 Å². The molecule has 12 heteroatoms. The van der Waals surface area contributed by atoms with Gasteiger partial charge >= 0.3 is 17.9 Å². The monoisotopic (exact) mass is 478 g/mol. The first-order chi connectivity index (χ1) is 14.1. The predicted molar refractivity (Wildman–Crippen MR) is 106 cm³/mol. The number of benzene rings is 1. The number of fused-ring (bicyclic) bond motifs is 1. The molecule has 2 aromatic rings. The van der Waals surface area contributed by atoms with E-state index in [1.54, 1.807) is 0 Å². The molecule has 1 saturated heterocycles. The van der Waals surface area contributed by atoms with Crippen LogP contribution in [-0.4, -0.2) is 52.4 Å². The molecule has 0 saturated carbocycles. The summed E-state index contributed by atoms with van der Waals surface area (Å²) in [7, 11) is 0. The Morgan fingerprint density at radius 1 is 1.00 bits per heavy atom. The number of hydrogen-bond acceptors (Lipinski definition) is 8. The van der Waals surface area contributed by atoms with Gasteiger partial charge in [-0.2, -0.15) is 0 Å². The normalized spacial score (nSPS) is 23.4. The maximum absolute atomic E-state index is 11.8. The Kier molecular flexibility index (Phi) is 6.76. The van der Waals surface area contributed by atoms with Crippen LogP contribution in [0.1, 0.15) is 27.0 Å². The van der Waals surface area contributed by atoms with Gasteiger partial charge < -0.3 is 18.9 Å². The zero-order valence-corrected chi connectivity index (χ0v) is 18.3. The average Bonchev–Trinajstić information content (AvgIpc) is 3.10. The van der Waals surface area contributed by atoms with Gasteiger partial charge in [0, 0.05) is 20.8 Å². The lowest BCUT2D eigenvalue weighted by molar-refractivity contribution is -0.166. The van der Waals surface area contributed by atoms with Crippen molar-refractivity contribution in [2.24, 2.45) is 0 Å². The van der Waals surface area contributed by atoms with E-state index < -0.39 is 42.4 Å². The van der Waals surface area contributed by atoms with Crippen LogP contribution in [0.2, 0.25) is 15.3 Å². The zero-order chi connectivity index (χ0) is 22.2. The molecule has 1 aliphatic heterocycles. The maximum atomic E-state index is 11.8. The fourth-order valence-corrected chi connectivity index (χ4v) is 3.80. The molecule has 2 heterocycles. The first-order valence-corrected chi connectivity index (χ1v) is 9.87. The molecule has 0 spiro atoms. The molecule has 9 nitrogen and oxygen atoms in total. The Balaban J connectivity index is 2.09. The molecule has 1 aromatic carbocycles. The number of carbonyl (C=O) groups excluding carboxylic acids is 3. The second-order valence-corrected chi connectivity index (χ2v) is 7.67. The summed E-state index contributed by atoms with van der Waals surface area (Å²) in [6.45, 7) is 3.38. The van der Waals surface area contributed by atoms with Gasteiger partial charge in [-0.3, -0.25) is 19.0 Å². The Morgan fingerprint density at radius 3 is 2.20 bits per heavy atom. The van der Waals surface area contributed by atoms with Crippen molar-refractivity contribution < 1.29 is 33.3 Å². The molecule has 1 aliphatic rings. The van der Waals surface area contributed by atoms with Crippen molar-refractivity contribution >= 4 is 63.7 Å². The van der Waals surface area contributed by atoms with E-state index in [0.29, 0.717) is 11.0 Å². The van der Waals surface area contributed by atoms with Crippen LogP contribution < -0.4 is 0 Å². The van der Waals surface area contributed by atoms with Crippen LogP contribution in [0, 0.1) is 0 Å². The molecule has 0 radical (unpaired) electrons. The summed E-state index contributed by atoms with van der Waals surface area (Å²) < 4.78 is 23.2. The number of aromatic nitrogens is 2. The van der Waals surface area contributed by atoms with Crippen LogP contribution in [-0.2, 0) is 33.3 Å². The summed E-state index contributed by atoms with van der Waals surface area (Å²) in [4.78, 5) is 38.9. The van der Waals surface area contributed by atoms with Gasteiger partial charge in [0.05, 0.1) is 21.1 Å². The lowest BCUT2D eigenvalue weighted by Gasteiger charge is -2.24. The van der Waals surface area contributed by atoms with E-state index in [-0.39, 0.29) is 21.9 Å². The zero-order valence-electron chi connectivity index (χ0n) is 16.1. The van der Waals surface area contributed by atoms with Gasteiger partial charge in [-0.15, -0.1) is 0 Å². The fourth-order valence-electron chi connectivity index (χ4n) is 3.20. The molecular formula is C18H17Cl3N2O7. The maximum Gasteiger partial charge on any atom is 0.303 e. The quantitative estimate of drug-likeness (QED) is 0.475. The number of ether oxygens (including phenoxy) is 4. The standard InChI is InChI=1S/C18H17Cl3N2O7/c1-7(24)27-6-14-15(28-8(2)25)16(29-9(3)26)17(30-14)23-13-5-11(20)10(19)4-12(13)22-18(23)21/h4-5,14-17H,6H2,1-3H3/t14-,15?,16-,17+/m0/s1. The molecule has 30 heavy (non-hydrogen) atoms. The topological polar surface area (TPSA) is 106 Å². The van der Waals surface area contributed by atoms with E-state index in [4.69, 9.17) is 53.8 Å². The third-order valence-electron chi connectivity index (χ3n) is 4.28. The molecule has 1 aromatic heterocycles. The number of imidazole rings is 1. The summed E-state index contributed by atoms with van der Waals surface area (Å²) in [5.74, 6) is -1.83. The first-order valence-electron chi connectivity index (χ1n) is 8.74. The van der Waals surface area contributed by atoms with Crippen LogP contribution in [0.15, 0.2) is 12.1 Å². The van der Waals surface area contributed by atoms with Crippen LogP contribution in [0.4, 0.5) is 0 Å².